The zero-order valence-electron chi connectivity index (χ0n) is 10.8. The first-order chi connectivity index (χ1) is 9.11. The van der Waals surface area contributed by atoms with Crippen LogP contribution < -0.4 is 0 Å². The normalized spacial score (nSPS) is 12.5. The minimum Gasteiger partial charge on any atom is -0.481 e. The van der Waals surface area contributed by atoms with Crippen molar-refractivity contribution in [3.8, 4) is 11.5 Å². The molecule has 7 nitrogen and oxygen atoms in total. The van der Waals surface area contributed by atoms with E-state index >= 15 is 0 Å². The number of carbonyl (C=O) groups is 1. The molecule has 1 N–H and O–H groups in total. The van der Waals surface area contributed by atoms with Gasteiger partial charge in [0, 0.05) is 5.38 Å². The first kappa shape index (κ1) is 13.6. The van der Waals surface area contributed by atoms with Gasteiger partial charge in [0.1, 0.15) is 5.69 Å². The molecule has 102 valence electrons. The molecule has 0 saturated heterocycles. The van der Waals surface area contributed by atoms with E-state index in [1.807, 2.05) is 19.2 Å². The lowest BCUT2D eigenvalue weighted by atomic mass is 10.1. The van der Waals surface area contributed by atoms with Crippen LogP contribution in [0.25, 0.3) is 11.5 Å². The molecule has 0 bridgehead atoms. The molecule has 1 atom stereocenters. The molecule has 1 unspecified atom stereocenters. The third-order valence-electron chi connectivity index (χ3n) is 2.72. The highest BCUT2D eigenvalue weighted by atomic mass is 32.1. The van der Waals surface area contributed by atoms with Crippen LogP contribution in [0.2, 0.25) is 0 Å². The predicted molar refractivity (Wildman–Crippen MR) is 69.9 cm³/mol. The first-order valence-electron chi connectivity index (χ1n) is 6.04. The number of thiazole rings is 1. The van der Waals surface area contributed by atoms with Crippen LogP contribution in [-0.2, 0) is 4.79 Å². The van der Waals surface area contributed by atoms with Crippen molar-refractivity contribution in [3.63, 3.8) is 0 Å². The molecule has 0 aromatic carbocycles. The van der Waals surface area contributed by atoms with Crippen LogP contribution in [-0.4, -0.2) is 36.3 Å². The maximum absolute atomic E-state index is 10.9. The van der Waals surface area contributed by atoms with Gasteiger partial charge < -0.3 is 5.11 Å². The Kier molecular flexibility index (Phi) is 4.20. The van der Waals surface area contributed by atoms with Gasteiger partial charge in [-0.25, -0.2) is 9.67 Å². The van der Waals surface area contributed by atoms with Crippen LogP contribution in [0.4, 0.5) is 0 Å². The number of hydrogen-bond donors (Lipinski definition) is 1. The zero-order valence-corrected chi connectivity index (χ0v) is 11.6. The standard InChI is InChI=1S/C11H15N5O2S/c1-3-4-8(5-10(17)18)16-11(13-14-15-16)9-6-19-7(2)12-9/h6,8H,3-5H2,1-2H3,(H,17,18). The van der Waals surface area contributed by atoms with Gasteiger partial charge in [-0.05, 0) is 23.8 Å². The average molecular weight is 281 g/mol. The molecule has 2 heterocycles. The lowest BCUT2D eigenvalue weighted by Gasteiger charge is -2.14. The van der Waals surface area contributed by atoms with Crippen molar-refractivity contribution < 1.29 is 9.90 Å². The summed E-state index contributed by atoms with van der Waals surface area (Å²) in [5.41, 5.74) is 0.694. The Labute approximate surface area is 114 Å². The summed E-state index contributed by atoms with van der Waals surface area (Å²) in [5.74, 6) is -0.321. The Morgan fingerprint density at radius 2 is 2.37 bits per heavy atom. The Bertz CT molecular complexity index is 565. The summed E-state index contributed by atoms with van der Waals surface area (Å²) in [6, 6.07) is -0.241. The number of aromatic nitrogens is 5. The summed E-state index contributed by atoms with van der Waals surface area (Å²) < 4.78 is 1.58. The first-order valence-corrected chi connectivity index (χ1v) is 6.92. The summed E-state index contributed by atoms with van der Waals surface area (Å²) in [4.78, 5) is 15.3. The molecule has 0 fully saturated rings. The van der Waals surface area contributed by atoms with Gasteiger partial charge >= 0.3 is 5.97 Å². The maximum atomic E-state index is 10.9. The number of carboxylic acids is 1. The molecule has 2 aromatic rings. The zero-order chi connectivity index (χ0) is 13.8. The summed E-state index contributed by atoms with van der Waals surface area (Å²) in [6.45, 7) is 3.91. The number of hydrogen-bond acceptors (Lipinski definition) is 6. The van der Waals surface area contributed by atoms with E-state index in [0.29, 0.717) is 17.9 Å². The van der Waals surface area contributed by atoms with Gasteiger partial charge in [-0.15, -0.1) is 16.4 Å². The quantitative estimate of drug-likeness (QED) is 0.869. The number of aryl methyl sites for hydroxylation is 1. The van der Waals surface area contributed by atoms with Crippen molar-refractivity contribution in [2.45, 2.75) is 39.2 Å². The average Bonchev–Trinajstić information content (AvgIpc) is 2.95. The molecule has 2 rings (SSSR count). The fourth-order valence-electron chi connectivity index (χ4n) is 1.92. The molecule has 0 aliphatic heterocycles. The lowest BCUT2D eigenvalue weighted by molar-refractivity contribution is -0.138. The van der Waals surface area contributed by atoms with Crippen LogP contribution in [0.5, 0.6) is 0 Å². The highest BCUT2D eigenvalue weighted by Gasteiger charge is 2.21. The van der Waals surface area contributed by atoms with E-state index in [2.05, 4.69) is 20.5 Å². The van der Waals surface area contributed by atoms with Crippen molar-refractivity contribution in [2.24, 2.45) is 0 Å². The lowest BCUT2D eigenvalue weighted by Crippen LogP contribution is -2.16. The molecule has 0 radical (unpaired) electrons. The summed E-state index contributed by atoms with van der Waals surface area (Å²) in [5, 5.41) is 23.3. The van der Waals surface area contributed by atoms with Gasteiger partial charge in [0.05, 0.1) is 17.5 Å². The van der Waals surface area contributed by atoms with E-state index in [0.717, 1.165) is 11.4 Å². The second-order valence-electron chi connectivity index (χ2n) is 4.24. The Hall–Kier alpha value is -1.83. The minimum atomic E-state index is -0.852. The molecule has 0 saturated carbocycles. The van der Waals surface area contributed by atoms with Crippen LogP contribution in [0.3, 0.4) is 0 Å². The number of rotatable bonds is 6. The topological polar surface area (TPSA) is 93.8 Å². The van der Waals surface area contributed by atoms with Gasteiger partial charge in [0.2, 0.25) is 5.82 Å². The highest BCUT2D eigenvalue weighted by molar-refractivity contribution is 7.09. The second kappa shape index (κ2) is 5.87. The van der Waals surface area contributed by atoms with Gasteiger partial charge in [-0.2, -0.15) is 0 Å². The summed E-state index contributed by atoms with van der Waals surface area (Å²) in [7, 11) is 0. The third-order valence-corrected chi connectivity index (χ3v) is 3.49. The van der Waals surface area contributed by atoms with Crippen molar-refractivity contribution in [3.05, 3.63) is 10.4 Å². The highest BCUT2D eigenvalue weighted by Crippen LogP contribution is 2.25. The number of tetrazole rings is 1. The monoisotopic (exact) mass is 281 g/mol. The molecule has 0 aliphatic rings. The van der Waals surface area contributed by atoms with Gasteiger partial charge in [-0.1, -0.05) is 13.3 Å². The Morgan fingerprint density at radius 1 is 1.58 bits per heavy atom. The Balaban J connectivity index is 2.33. The maximum Gasteiger partial charge on any atom is 0.305 e. The van der Waals surface area contributed by atoms with Crippen molar-refractivity contribution >= 4 is 17.3 Å². The van der Waals surface area contributed by atoms with Crippen LogP contribution in [0.1, 0.15) is 37.2 Å². The summed E-state index contributed by atoms with van der Waals surface area (Å²) in [6.07, 6.45) is 1.59. The van der Waals surface area contributed by atoms with Gasteiger partial charge in [-0.3, -0.25) is 4.79 Å². The van der Waals surface area contributed by atoms with E-state index < -0.39 is 5.97 Å². The molecule has 0 amide bonds. The minimum absolute atomic E-state index is 0.00893. The predicted octanol–water partition coefficient (Wildman–Crippen LogP) is 1.92. The molecular weight excluding hydrogens is 266 g/mol. The van der Waals surface area contributed by atoms with Crippen molar-refractivity contribution in [1.29, 1.82) is 0 Å². The van der Waals surface area contributed by atoms with E-state index in [4.69, 9.17) is 5.11 Å². The van der Waals surface area contributed by atoms with Gasteiger partial charge in [0.25, 0.3) is 0 Å². The largest absolute Gasteiger partial charge is 0.481 e. The fraction of sp³-hybridized carbons (Fsp3) is 0.545. The van der Waals surface area contributed by atoms with E-state index in [9.17, 15) is 4.79 Å². The van der Waals surface area contributed by atoms with Crippen molar-refractivity contribution in [1.82, 2.24) is 25.2 Å². The molecule has 19 heavy (non-hydrogen) atoms. The number of aliphatic carboxylic acids is 1. The van der Waals surface area contributed by atoms with Crippen molar-refractivity contribution in [2.75, 3.05) is 0 Å². The molecule has 0 spiro atoms. The summed E-state index contributed by atoms with van der Waals surface area (Å²) >= 11 is 1.51. The SMILES string of the molecule is CCCC(CC(=O)O)n1nnnc1-c1csc(C)n1. The number of carboxylic acid groups (broad SMARTS) is 1. The molecular formula is C11H15N5O2S. The van der Waals surface area contributed by atoms with E-state index in [1.165, 1.54) is 11.3 Å². The van der Waals surface area contributed by atoms with Gasteiger partial charge in [0.15, 0.2) is 0 Å². The third kappa shape index (κ3) is 3.14. The molecule has 8 heteroatoms. The van der Waals surface area contributed by atoms with E-state index in [1.54, 1.807) is 4.68 Å². The second-order valence-corrected chi connectivity index (χ2v) is 5.30. The molecule has 2 aromatic heterocycles. The fourth-order valence-corrected chi connectivity index (χ4v) is 2.51. The van der Waals surface area contributed by atoms with E-state index in [-0.39, 0.29) is 12.5 Å². The van der Waals surface area contributed by atoms with Crippen LogP contribution >= 0.6 is 11.3 Å². The number of nitrogens with zero attached hydrogens (tertiary/aromatic N) is 5. The Morgan fingerprint density at radius 3 is 2.95 bits per heavy atom. The van der Waals surface area contributed by atoms with Crippen LogP contribution in [0.15, 0.2) is 5.38 Å². The van der Waals surface area contributed by atoms with Crippen LogP contribution in [0, 0.1) is 6.92 Å². The smallest absolute Gasteiger partial charge is 0.305 e. The molecule has 0 aliphatic carbocycles.